The summed E-state index contributed by atoms with van der Waals surface area (Å²) in [6.07, 6.45) is -0.248. The van der Waals surface area contributed by atoms with E-state index in [9.17, 15) is 22.8 Å². The molecule has 1 aliphatic rings. The quantitative estimate of drug-likeness (QED) is 0.429. The fourth-order valence-corrected chi connectivity index (χ4v) is 4.57. The highest BCUT2D eigenvalue weighted by molar-refractivity contribution is 5.97. The zero-order chi connectivity index (χ0) is 25.4. The molecule has 1 unspecified atom stereocenters. The molecule has 1 aliphatic heterocycles. The number of aromatic nitrogens is 3. The number of pyridine rings is 1. The van der Waals surface area contributed by atoms with Crippen LogP contribution in [0, 0.1) is 6.92 Å². The molecule has 0 aliphatic carbocycles. The molecule has 0 saturated carbocycles. The summed E-state index contributed by atoms with van der Waals surface area (Å²) >= 11 is 0. The fraction of sp³-hybridized carbons (Fsp3) is 0.231. The van der Waals surface area contributed by atoms with Gasteiger partial charge in [-0.05, 0) is 65.9 Å². The Labute approximate surface area is 203 Å². The van der Waals surface area contributed by atoms with E-state index in [1.165, 1.54) is 6.07 Å². The first-order valence-corrected chi connectivity index (χ1v) is 11.3. The average molecular weight is 494 g/mol. The highest BCUT2D eigenvalue weighted by Gasteiger charge is 2.32. The van der Waals surface area contributed by atoms with Gasteiger partial charge in [0.25, 0.3) is 5.91 Å². The average Bonchev–Trinajstić information content (AvgIpc) is 3.52. The van der Waals surface area contributed by atoms with Crippen LogP contribution in [0.15, 0.2) is 70.1 Å². The van der Waals surface area contributed by atoms with E-state index < -0.39 is 17.5 Å². The minimum Gasteiger partial charge on any atom is -0.388 e. The van der Waals surface area contributed by atoms with Gasteiger partial charge in [-0.2, -0.15) is 13.2 Å². The fourth-order valence-electron chi connectivity index (χ4n) is 4.57. The van der Waals surface area contributed by atoms with Gasteiger partial charge in [0, 0.05) is 42.5 Å². The van der Waals surface area contributed by atoms with Crippen molar-refractivity contribution in [3.63, 3.8) is 0 Å². The molecule has 0 bridgehead atoms. The summed E-state index contributed by atoms with van der Waals surface area (Å²) < 4.78 is 45.5. The lowest BCUT2D eigenvalue weighted by atomic mass is 9.94. The maximum Gasteiger partial charge on any atom is 0.434 e. The topological polar surface area (TPSA) is 92.1 Å². The normalized spacial score (nSPS) is 15.9. The molecular weight excluding hydrogens is 473 g/mol. The van der Waals surface area contributed by atoms with Crippen molar-refractivity contribution in [3.8, 4) is 22.6 Å². The number of amides is 1. The third-order valence-electron chi connectivity index (χ3n) is 6.28. The van der Waals surface area contributed by atoms with E-state index in [1.807, 2.05) is 12.1 Å². The molecule has 1 fully saturated rings. The number of alkyl halides is 3. The zero-order valence-corrected chi connectivity index (χ0v) is 19.2. The molecule has 0 spiro atoms. The van der Waals surface area contributed by atoms with Crippen molar-refractivity contribution in [2.75, 3.05) is 13.1 Å². The highest BCUT2D eigenvalue weighted by Crippen LogP contribution is 2.37. The van der Waals surface area contributed by atoms with Crippen LogP contribution in [0.5, 0.6) is 0 Å². The molecule has 2 aromatic heterocycles. The van der Waals surface area contributed by atoms with Crippen LogP contribution in [0.3, 0.4) is 0 Å². The molecule has 1 saturated heterocycles. The van der Waals surface area contributed by atoms with E-state index in [4.69, 9.17) is 4.42 Å². The van der Waals surface area contributed by atoms with Crippen molar-refractivity contribution in [2.24, 2.45) is 0 Å². The molecule has 7 nitrogen and oxygen atoms in total. The van der Waals surface area contributed by atoms with Crippen LogP contribution in [0.2, 0.25) is 0 Å². The van der Waals surface area contributed by atoms with Gasteiger partial charge in [-0.15, -0.1) is 5.10 Å². The second-order valence-corrected chi connectivity index (χ2v) is 8.79. The number of nitrogens with one attached hydrogen (secondary N) is 1. The van der Waals surface area contributed by atoms with Gasteiger partial charge in [0.05, 0.1) is 5.56 Å². The van der Waals surface area contributed by atoms with E-state index in [2.05, 4.69) is 15.2 Å². The van der Waals surface area contributed by atoms with Gasteiger partial charge in [-0.3, -0.25) is 9.78 Å². The number of carbonyl (C=O) groups excluding carboxylic acids is 1. The predicted molar refractivity (Wildman–Crippen MR) is 125 cm³/mol. The summed E-state index contributed by atoms with van der Waals surface area (Å²) in [6.45, 7) is 2.64. The van der Waals surface area contributed by atoms with Crippen LogP contribution < -0.4 is 5.76 Å². The van der Waals surface area contributed by atoms with Crippen molar-refractivity contribution in [3.05, 3.63) is 93.7 Å². The highest BCUT2D eigenvalue weighted by atomic mass is 19.4. The van der Waals surface area contributed by atoms with Crippen molar-refractivity contribution < 1.29 is 22.4 Å². The summed E-state index contributed by atoms with van der Waals surface area (Å²) in [7, 11) is 0. The number of nitrogens with zero attached hydrogens (tertiary/aromatic N) is 3. The number of aromatic amines is 1. The lowest BCUT2D eigenvalue weighted by Gasteiger charge is -2.18. The number of H-pyrrole nitrogens is 1. The van der Waals surface area contributed by atoms with Crippen LogP contribution in [0.1, 0.15) is 39.4 Å². The van der Waals surface area contributed by atoms with Crippen molar-refractivity contribution >= 4 is 5.91 Å². The number of aryl methyl sites for hydroxylation is 1. The molecule has 36 heavy (non-hydrogen) atoms. The Hall–Kier alpha value is -4.21. The van der Waals surface area contributed by atoms with Crippen molar-refractivity contribution in [2.45, 2.75) is 25.4 Å². The van der Waals surface area contributed by atoms with Crippen LogP contribution in [0.25, 0.3) is 22.6 Å². The first kappa shape index (κ1) is 23.5. The number of halogens is 3. The standard InChI is InChI=1S/C26H21F3N4O3/c1-15-9-19(11-20(10-15)26(27,28)29)21-5-4-16(12-22(21)23-31-32-25(35)36-23)24(34)33-8-6-18(14-33)17-3-2-7-30-13-17/h2-5,7,9-13,18H,6,8,14H2,1H3,(H,32,35). The van der Waals surface area contributed by atoms with Crippen molar-refractivity contribution in [1.82, 2.24) is 20.1 Å². The third-order valence-corrected chi connectivity index (χ3v) is 6.28. The third kappa shape index (κ3) is 4.66. The number of hydrogen-bond acceptors (Lipinski definition) is 5. The van der Waals surface area contributed by atoms with Gasteiger partial charge in [-0.25, -0.2) is 9.89 Å². The van der Waals surface area contributed by atoms with E-state index in [-0.39, 0.29) is 28.8 Å². The summed E-state index contributed by atoms with van der Waals surface area (Å²) in [6, 6.07) is 12.1. The Morgan fingerprint density at radius 1 is 1.14 bits per heavy atom. The molecule has 1 atom stereocenters. The summed E-state index contributed by atoms with van der Waals surface area (Å²) in [5, 5.41) is 6.02. The number of benzene rings is 2. The summed E-state index contributed by atoms with van der Waals surface area (Å²) in [4.78, 5) is 30.9. The first-order valence-electron chi connectivity index (χ1n) is 11.3. The van der Waals surface area contributed by atoms with Gasteiger partial charge in [0.1, 0.15) is 0 Å². The number of rotatable bonds is 4. The molecule has 3 heterocycles. The molecule has 184 valence electrons. The van der Waals surface area contributed by atoms with E-state index in [0.717, 1.165) is 24.1 Å². The minimum atomic E-state index is -4.53. The molecular formula is C26H21F3N4O3. The molecule has 1 N–H and O–H groups in total. The maximum atomic E-state index is 13.5. The van der Waals surface area contributed by atoms with Gasteiger partial charge in [0.15, 0.2) is 0 Å². The van der Waals surface area contributed by atoms with E-state index in [1.54, 1.807) is 42.4 Å². The SMILES string of the molecule is Cc1cc(-c2ccc(C(=O)N3CCC(c4cccnc4)C3)cc2-c2n[nH]c(=O)o2)cc(C(F)(F)F)c1. The first-order chi connectivity index (χ1) is 17.2. The van der Waals surface area contributed by atoms with Gasteiger partial charge in [-0.1, -0.05) is 18.2 Å². The molecule has 2 aromatic carbocycles. The second-order valence-electron chi connectivity index (χ2n) is 8.79. The van der Waals surface area contributed by atoms with Crippen molar-refractivity contribution in [1.29, 1.82) is 0 Å². The molecule has 0 radical (unpaired) electrons. The van der Waals surface area contributed by atoms with Crippen LogP contribution in [0.4, 0.5) is 13.2 Å². The minimum absolute atomic E-state index is 0.116. The predicted octanol–water partition coefficient (Wildman–Crippen LogP) is 5.05. The Morgan fingerprint density at radius 2 is 1.97 bits per heavy atom. The number of likely N-dealkylation sites (tertiary alicyclic amines) is 1. The maximum absolute atomic E-state index is 13.5. The number of carbonyl (C=O) groups is 1. The van der Waals surface area contributed by atoms with E-state index in [0.29, 0.717) is 29.8 Å². The Morgan fingerprint density at radius 3 is 2.67 bits per heavy atom. The summed E-state index contributed by atoms with van der Waals surface area (Å²) in [5.74, 6) is -0.993. The Balaban J connectivity index is 1.52. The van der Waals surface area contributed by atoms with Crippen LogP contribution in [-0.4, -0.2) is 39.1 Å². The summed E-state index contributed by atoms with van der Waals surface area (Å²) in [5.41, 5.74) is 1.84. The molecule has 1 amide bonds. The van der Waals surface area contributed by atoms with Crippen LogP contribution in [-0.2, 0) is 6.18 Å². The molecule has 5 rings (SSSR count). The smallest absolute Gasteiger partial charge is 0.388 e. The van der Waals surface area contributed by atoms with E-state index >= 15 is 0 Å². The zero-order valence-electron chi connectivity index (χ0n) is 19.2. The van der Waals surface area contributed by atoms with Gasteiger partial charge < -0.3 is 9.32 Å². The molecule has 10 heteroatoms. The lowest BCUT2D eigenvalue weighted by Crippen LogP contribution is -2.28. The van der Waals surface area contributed by atoms with Gasteiger partial charge in [0.2, 0.25) is 5.89 Å². The largest absolute Gasteiger partial charge is 0.434 e. The van der Waals surface area contributed by atoms with Crippen LogP contribution >= 0.6 is 0 Å². The second kappa shape index (κ2) is 9.10. The Bertz CT molecular complexity index is 1480. The Kier molecular flexibility index (Phi) is 5.95. The lowest BCUT2D eigenvalue weighted by molar-refractivity contribution is -0.137. The van der Waals surface area contributed by atoms with Gasteiger partial charge >= 0.3 is 11.9 Å². The number of hydrogen-bond donors (Lipinski definition) is 1. The molecule has 4 aromatic rings. The monoisotopic (exact) mass is 494 g/mol.